The maximum Gasteiger partial charge on any atom is 0.257 e. The number of rotatable bonds is 7. The molecule has 1 aliphatic heterocycles. The number of amides is 1. The summed E-state index contributed by atoms with van der Waals surface area (Å²) in [6.45, 7) is 4.49. The minimum absolute atomic E-state index is 0.169. The second-order valence-electron chi connectivity index (χ2n) is 6.62. The van der Waals surface area contributed by atoms with Crippen molar-refractivity contribution in [3.63, 3.8) is 0 Å². The van der Waals surface area contributed by atoms with Gasteiger partial charge in [0.25, 0.3) is 5.91 Å². The summed E-state index contributed by atoms with van der Waals surface area (Å²) < 4.78 is 23.2. The van der Waals surface area contributed by atoms with Crippen LogP contribution in [0.3, 0.4) is 0 Å². The molecule has 1 unspecified atom stereocenters. The van der Waals surface area contributed by atoms with E-state index in [1.54, 1.807) is 25.4 Å². The monoisotopic (exact) mass is 429 g/mol. The fourth-order valence-corrected chi connectivity index (χ4v) is 4.25. The van der Waals surface area contributed by atoms with Crippen molar-refractivity contribution in [1.29, 1.82) is 0 Å². The Morgan fingerprint density at radius 1 is 1.33 bits per heavy atom. The highest BCUT2D eigenvalue weighted by Gasteiger charge is 2.23. The Hall–Kier alpha value is -2.59. The average molecular weight is 429 g/mol. The fraction of sp³-hybridized carbons (Fsp3) is 0.381. The Morgan fingerprint density at radius 2 is 2.23 bits per heavy atom. The summed E-state index contributed by atoms with van der Waals surface area (Å²) in [7, 11) is 1.60. The molecule has 1 aliphatic rings. The third-order valence-corrected chi connectivity index (χ3v) is 5.69. The first-order chi connectivity index (χ1) is 14.7. The summed E-state index contributed by atoms with van der Waals surface area (Å²) in [4.78, 5) is 21.6. The zero-order valence-corrected chi connectivity index (χ0v) is 17.7. The Labute approximate surface area is 178 Å². The van der Waals surface area contributed by atoms with Crippen LogP contribution >= 0.6 is 11.3 Å². The molecule has 1 N–H and O–H groups in total. The van der Waals surface area contributed by atoms with Gasteiger partial charge in [-0.25, -0.2) is 4.98 Å². The highest BCUT2D eigenvalue weighted by molar-refractivity contribution is 7.22. The van der Waals surface area contributed by atoms with Crippen LogP contribution in [0.4, 0.5) is 5.13 Å². The first-order valence-corrected chi connectivity index (χ1v) is 10.5. The summed E-state index contributed by atoms with van der Waals surface area (Å²) in [5.41, 5.74) is 2.87. The first kappa shape index (κ1) is 20.7. The number of nitrogens with zero attached hydrogens (tertiary/aromatic N) is 2. The Bertz CT molecular complexity index is 1030. The number of fused-ring (bicyclic) bond motifs is 1. The van der Waals surface area contributed by atoms with Gasteiger partial charge in [0, 0.05) is 23.9 Å². The van der Waals surface area contributed by atoms with Crippen molar-refractivity contribution in [2.75, 3.05) is 38.9 Å². The number of anilines is 1. The van der Waals surface area contributed by atoms with E-state index in [9.17, 15) is 4.79 Å². The van der Waals surface area contributed by atoms with Crippen LogP contribution in [0.1, 0.15) is 34.6 Å². The number of hydrogen-bond acceptors (Lipinski definition) is 8. The maximum absolute atomic E-state index is 12.8. The van der Waals surface area contributed by atoms with Crippen molar-refractivity contribution in [2.24, 2.45) is 0 Å². The van der Waals surface area contributed by atoms with Gasteiger partial charge in [-0.2, -0.15) is 0 Å². The smallest absolute Gasteiger partial charge is 0.257 e. The van der Waals surface area contributed by atoms with E-state index in [4.69, 9.17) is 18.9 Å². The molecular formula is C21H23N3O5S. The SMILES string of the molecule is CCOCc1cc(C(=O)Nc2nc3c(OC)ccc(C4COCCO4)c3s2)ccn1. The number of methoxy groups -OCH3 is 1. The average Bonchev–Trinajstić information content (AvgIpc) is 3.21. The molecule has 1 amide bonds. The van der Waals surface area contributed by atoms with E-state index in [2.05, 4.69) is 15.3 Å². The standard InChI is InChI=1S/C21H23N3O5S/c1-3-27-11-14-10-13(6-7-22-14)20(25)24-21-23-18-16(26-2)5-4-15(19(18)30-21)17-12-28-8-9-29-17/h4-7,10,17H,3,8-9,11-12H2,1-2H3,(H,23,24,25). The number of aromatic nitrogens is 2. The number of nitrogens with one attached hydrogen (secondary N) is 1. The lowest BCUT2D eigenvalue weighted by molar-refractivity contribution is -0.0895. The van der Waals surface area contributed by atoms with Crippen LogP contribution < -0.4 is 10.1 Å². The van der Waals surface area contributed by atoms with Gasteiger partial charge in [-0.3, -0.25) is 15.1 Å². The lowest BCUT2D eigenvalue weighted by atomic mass is 10.1. The molecular weight excluding hydrogens is 406 g/mol. The Morgan fingerprint density at radius 3 is 3.00 bits per heavy atom. The lowest BCUT2D eigenvalue weighted by Gasteiger charge is -2.23. The number of carbonyl (C=O) groups is 1. The van der Waals surface area contributed by atoms with Crippen molar-refractivity contribution in [3.05, 3.63) is 47.3 Å². The fourth-order valence-electron chi connectivity index (χ4n) is 3.22. The van der Waals surface area contributed by atoms with Gasteiger partial charge in [-0.15, -0.1) is 0 Å². The van der Waals surface area contributed by atoms with Crippen LogP contribution in [0, 0.1) is 0 Å². The molecule has 0 spiro atoms. The quantitative estimate of drug-likeness (QED) is 0.614. The third-order valence-electron chi connectivity index (χ3n) is 4.67. The van der Waals surface area contributed by atoms with Gasteiger partial charge in [0.15, 0.2) is 5.13 Å². The highest BCUT2D eigenvalue weighted by atomic mass is 32.1. The number of ether oxygens (including phenoxy) is 4. The van der Waals surface area contributed by atoms with Crippen molar-refractivity contribution in [2.45, 2.75) is 19.6 Å². The van der Waals surface area contributed by atoms with E-state index in [-0.39, 0.29) is 12.0 Å². The number of benzene rings is 1. The van der Waals surface area contributed by atoms with Gasteiger partial charge < -0.3 is 18.9 Å². The van der Waals surface area contributed by atoms with Crippen LogP contribution in [0.5, 0.6) is 5.75 Å². The van der Waals surface area contributed by atoms with Crippen LogP contribution in [0.25, 0.3) is 10.2 Å². The molecule has 9 heteroatoms. The van der Waals surface area contributed by atoms with Crippen LogP contribution in [-0.2, 0) is 20.8 Å². The topological polar surface area (TPSA) is 91.8 Å². The third kappa shape index (κ3) is 4.44. The predicted octanol–water partition coefficient (Wildman–Crippen LogP) is 3.58. The van der Waals surface area contributed by atoms with E-state index in [1.807, 2.05) is 19.1 Å². The normalized spacial score (nSPS) is 16.5. The molecule has 30 heavy (non-hydrogen) atoms. The summed E-state index contributed by atoms with van der Waals surface area (Å²) in [5, 5.41) is 3.37. The summed E-state index contributed by atoms with van der Waals surface area (Å²) >= 11 is 1.39. The molecule has 1 fully saturated rings. The molecule has 0 saturated carbocycles. The van der Waals surface area contributed by atoms with Crippen LogP contribution in [0.15, 0.2) is 30.5 Å². The Balaban J connectivity index is 1.60. The zero-order valence-electron chi connectivity index (χ0n) is 16.8. The molecule has 1 atom stereocenters. The second-order valence-corrected chi connectivity index (χ2v) is 7.61. The first-order valence-electron chi connectivity index (χ1n) is 9.70. The second kappa shape index (κ2) is 9.48. The van der Waals surface area contributed by atoms with Crippen molar-refractivity contribution >= 4 is 32.6 Å². The van der Waals surface area contributed by atoms with Crippen molar-refractivity contribution in [3.8, 4) is 5.75 Å². The molecule has 8 nitrogen and oxygen atoms in total. The van der Waals surface area contributed by atoms with E-state index >= 15 is 0 Å². The molecule has 0 radical (unpaired) electrons. The minimum Gasteiger partial charge on any atom is -0.494 e. The van der Waals surface area contributed by atoms with Gasteiger partial charge in [0.05, 0.1) is 43.9 Å². The number of carbonyl (C=O) groups excluding carboxylic acids is 1. The summed E-state index contributed by atoms with van der Waals surface area (Å²) in [5.74, 6) is 0.386. The molecule has 1 saturated heterocycles. The van der Waals surface area contributed by atoms with Gasteiger partial charge in [0.2, 0.25) is 0 Å². The van der Waals surface area contributed by atoms with Crippen LogP contribution in [0.2, 0.25) is 0 Å². The number of thiazole rings is 1. The maximum atomic E-state index is 12.8. The number of hydrogen-bond donors (Lipinski definition) is 1. The van der Waals surface area contributed by atoms with Gasteiger partial charge in [-0.1, -0.05) is 17.4 Å². The van der Waals surface area contributed by atoms with E-state index in [0.29, 0.717) is 60.7 Å². The molecule has 4 rings (SSSR count). The molecule has 3 heterocycles. The van der Waals surface area contributed by atoms with Gasteiger partial charge >= 0.3 is 0 Å². The lowest BCUT2D eigenvalue weighted by Crippen LogP contribution is -2.21. The van der Waals surface area contributed by atoms with E-state index < -0.39 is 0 Å². The molecule has 0 bridgehead atoms. The summed E-state index contributed by atoms with van der Waals surface area (Å²) in [6, 6.07) is 7.21. The largest absolute Gasteiger partial charge is 0.494 e. The number of pyridine rings is 1. The molecule has 1 aromatic carbocycles. The zero-order chi connectivity index (χ0) is 20.9. The van der Waals surface area contributed by atoms with E-state index in [1.165, 1.54) is 11.3 Å². The molecule has 2 aromatic heterocycles. The molecule has 158 valence electrons. The Kier molecular flexibility index (Phi) is 6.53. The van der Waals surface area contributed by atoms with Crippen molar-refractivity contribution in [1.82, 2.24) is 9.97 Å². The predicted molar refractivity (Wildman–Crippen MR) is 113 cm³/mol. The molecule has 0 aliphatic carbocycles. The summed E-state index contributed by atoms with van der Waals surface area (Å²) in [6.07, 6.45) is 1.43. The van der Waals surface area contributed by atoms with Gasteiger partial charge in [-0.05, 0) is 25.1 Å². The highest BCUT2D eigenvalue weighted by Crippen LogP contribution is 2.39. The van der Waals surface area contributed by atoms with E-state index in [0.717, 1.165) is 10.3 Å². The van der Waals surface area contributed by atoms with Crippen LogP contribution in [-0.4, -0.2) is 49.4 Å². The van der Waals surface area contributed by atoms with Gasteiger partial charge in [0.1, 0.15) is 17.4 Å². The van der Waals surface area contributed by atoms with Crippen molar-refractivity contribution < 1.29 is 23.7 Å². The minimum atomic E-state index is -0.257. The molecule has 3 aromatic rings.